The van der Waals surface area contributed by atoms with Crippen LogP contribution in [0.25, 0.3) is 0 Å². The van der Waals surface area contributed by atoms with E-state index in [-0.39, 0.29) is 29.5 Å². The van der Waals surface area contributed by atoms with Crippen molar-refractivity contribution in [3.05, 3.63) is 58.6 Å². The number of nitrogens with one attached hydrogen (secondary N) is 1. The Morgan fingerprint density at radius 2 is 1.86 bits per heavy atom. The molecule has 0 spiro atoms. The van der Waals surface area contributed by atoms with Crippen LogP contribution in [0.15, 0.2) is 57.9 Å². The molecule has 1 amide bonds. The number of para-hydroxylation sites is 1. The van der Waals surface area contributed by atoms with Crippen LogP contribution in [0.4, 0.5) is 0 Å². The zero-order valence-corrected chi connectivity index (χ0v) is 18.1. The number of hydrogen-bond acceptors (Lipinski definition) is 5. The second kappa shape index (κ2) is 10.6. The molecule has 2 aromatic rings. The number of halogens is 1. The Morgan fingerprint density at radius 1 is 1.14 bits per heavy atom. The number of carbonyl (C=O) groups is 1. The fraction of sp³-hybridized carbons (Fsp3) is 0.316. The van der Waals surface area contributed by atoms with Gasteiger partial charge in [-0.15, -0.1) is 0 Å². The first-order chi connectivity index (χ1) is 13.3. The Hall–Kier alpha value is -1.94. The minimum Gasteiger partial charge on any atom is -0.492 e. The molecule has 0 aliphatic carbocycles. The van der Waals surface area contributed by atoms with E-state index in [0.717, 1.165) is 5.75 Å². The largest absolute Gasteiger partial charge is 0.492 e. The molecule has 2 rings (SSSR count). The zero-order chi connectivity index (χ0) is 20.6. The van der Waals surface area contributed by atoms with Crippen LogP contribution in [0.1, 0.15) is 10.4 Å². The number of nitrogens with zero attached hydrogens (tertiary/aromatic N) is 1. The number of benzene rings is 2. The summed E-state index contributed by atoms with van der Waals surface area (Å²) < 4.78 is 38.1. The van der Waals surface area contributed by atoms with Gasteiger partial charge in [0.25, 0.3) is 5.91 Å². The maximum Gasteiger partial charge on any atom is 0.254 e. The molecule has 2 aromatic carbocycles. The van der Waals surface area contributed by atoms with Crippen molar-refractivity contribution in [1.82, 2.24) is 9.62 Å². The first-order valence-corrected chi connectivity index (χ1v) is 10.8. The molecule has 0 unspecified atom stereocenters. The summed E-state index contributed by atoms with van der Waals surface area (Å²) in [4.78, 5) is 14.3. The monoisotopic (exact) mass is 470 g/mol. The Balaban J connectivity index is 2.05. The van der Waals surface area contributed by atoms with Crippen LogP contribution >= 0.6 is 15.9 Å². The highest BCUT2D eigenvalue weighted by Gasteiger charge is 2.20. The summed E-state index contributed by atoms with van der Waals surface area (Å²) in [6.45, 7) is 1.07. The van der Waals surface area contributed by atoms with Gasteiger partial charge in [0.05, 0.1) is 23.6 Å². The highest BCUT2D eigenvalue weighted by Crippen LogP contribution is 2.22. The molecule has 0 fully saturated rings. The van der Waals surface area contributed by atoms with Crippen molar-refractivity contribution in [3.8, 4) is 5.75 Å². The number of sulfonamides is 1. The Morgan fingerprint density at radius 3 is 2.54 bits per heavy atom. The number of ether oxygens (including phenoxy) is 2. The molecule has 0 aliphatic rings. The fourth-order valence-electron chi connectivity index (χ4n) is 2.32. The third kappa shape index (κ3) is 6.30. The van der Waals surface area contributed by atoms with Gasteiger partial charge in [0.2, 0.25) is 10.0 Å². The molecule has 0 saturated heterocycles. The molecule has 0 saturated carbocycles. The lowest BCUT2D eigenvalue weighted by Crippen LogP contribution is -2.31. The molecule has 0 bridgehead atoms. The van der Waals surface area contributed by atoms with E-state index in [1.165, 1.54) is 24.1 Å². The molecule has 28 heavy (non-hydrogen) atoms. The SMILES string of the molecule is COCCNS(=O)(=O)c1ccc(Br)c(C(=O)N(C)CCOc2ccccc2)c1. The predicted octanol–water partition coefficient (Wildman–Crippen LogP) is 2.52. The summed E-state index contributed by atoms with van der Waals surface area (Å²) in [5.74, 6) is 0.414. The Labute approximate surface area is 173 Å². The van der Waals surface area contributed by atoms with E-state index in [1.54, 1.807) is 13.1 Å². The van der Waals surface area contributed by atoms with Crippen molar-refractivity contribution in [3.63, 3.8) is 0 Å². The number of rotatable bonds is 10. The maximum atomic E-state index is 12.8. The summed E-state index contributed by atoms with van der Waals surface area (Å²) >= 11 is 3.32. The molecule has 0 aromatic heterocycles. The topological polar surface area (TPSA) is 84.9 Å². The Kier molecular flexibility index (Phi) is 8.43. The van der Waals surface area contributed by atoms with Crippen LogP contribution in [0.3, 0.4) is 0 Å². The molecule has 0 atom stereocenters. The predicted molar refractivity (Wildman–Crippen MR) is 110 cm³/mol. The number of amides is 1. The van der Waals surface area contributed by atoms with E-state index in [1.807, 2.05) is 30.3 Å². The van der Waals surface area contributed by atoms with Gasteiger partial charge in [0, 0.05) is 25.2 Å². The van der Waals surface area contributed by atoms with Crippen LogP contribution in [-0.4, -0.2) is 59.7 Å². The first kappa shape index (κ1) is 22.4. The van der Waals surface area contributed by atoms with Crippen molar-refractivity contribution >= 4 is 31.9 Å². The minimum atomic E-state index is -3.73. The summed E-state index contributed by atoms with van der Waals surface area (Å²) in [6, 6.07) is 13.6. The van der Waals surface area contributed by atoms with Gasteiger partial charge in [0.15, 0.2) is 0 Å². The minimum absolute atomic E-state index is 0.0177. The van der Waals surface area contributed by atoms with E-state index in [2.05, 4.69) is 20.7 Å². The van der Waals surface area contributed by atoms with Gasteiger partial charge in [-0.3, -0.25) is 4.79 Å². The summed E-state index contributed by atoms with van der Waals surface area (Å²) in [7, 11) is -0.602. The molecular formula is C19H23BrN2O5S. The fourth-order valence-corrected chi connectivity index (χ4v) is 3.78. The second-order valence-electron chi connectivity index (χ2n) is 5.92. The van der Waals surface area contributed by atoms with Gasteiger partial charge < -0.3 is 14.4 Å². The van der Waals surface area contributed by atoms with E-state index in [9.17, 15) is 13.2 Å². The average Bonchev–Trinajstić information content (AvgIpc) is 2.68. The van der Waals surface area contributed by atoms with E-state index in [0.29, 0.717) is 17.6 Å². The molecule has 9 heteroatoms. The molecule has 7 nitrogen and oxygen atoms in total. The summed E-state index contributed by atoms with van der Waals surface area (Å²) in [5.41, 5.74) is 0.261. The van der Waals surface area contributed by atoms with Gasteiger partial charge in [-0.2, -0.15) is 0 Å². The number of likely N-dealkylation sites (N-methyl/N-ethyl adjacent to an activating group) is 1. The molecule has 152 valence electrons. The van der Waals surface area contributed by atoms with Crippen LogP contribution in [0.5, 0.6) is 5.75 Å². The second-order valence-corrected chi connectivity index (χ2v) is 8.54. The third-order valence-corrected chi connectivity index (χ3v) is 6.01. The molecule has 0 radical (unpaired) electrons. The van der Waals surface area contributed by atoms with E-state index < -0.39 is 10.0 Å². The third-order valence-electron chi connectivity index (χ3n) is 3.86. The van der Waals surface area contributed by atoms with Gasteiger partial charge in [-0.25, -0.2) is 13.1 Å². The van der Waals surface area contributed by atoms with Crippen LogP contribution in [0.2, 0.25) is 0 Å². The van der Waals surface area contributed by atoms with E-state index in [4.69, 9.17) is 9.47 Å². The van der Waals surface area contributed by atoms with Gasteiger partial charge in [0.1, 0.15) is 12.4 Å². The van der Waals surface area contributed by atoms with Gasteiger partial charge in [-0.1, -0.05) is 18.2 Å². The van der Waals surface area contributed by atoms with Crippen molar-refractivity contribution < 1.29 is 22.7 Å². The van der Waals surface area contributed by atoms with Gasteiger partial charge in [-0.05, 0) is 46.3 Å². The molecular weight excluding hydrogens is 448 g/mol. The maximum absolute atomic E-state index is 12.8. The summed E-state index contributed by atoms with van der Waals surface area (Å²) in [6.07, 6.45) is 0. The van der Waals surface area contributed by atoms with Crippen molar-refractivity contribution in [2.45, 2.75) is 4.90 Å². The lowest BCUT2D eigenvalue weighted by Gasteiger charge is -2.19. The van der Waals surface area contributed by atoms with Crippen LogP contribution < -0.4 is 9.46 Å². The van der Waals surface area contributed by atoms with Crippen LogP contribution in [0, 0.1) is 0 Å². The number of carbonyl (C=O) groups excluding carboxylic acids is 1. The quantitative estimate of drug-likeness (QED) is 0.539. The highest BCUT2D eigenvalue weighted by molar-refractivity contribution is 9.10. The lowest BCUT2D eigenvalue weighted by molar-refractivity contribution is 0.0772. The molecule has 0 heterocycles. The molecule has 1 N–H and O–H groups in total. The lowest BCUT2D eigenvalue weighted by atomic mass is 10.2. The summed E-state index contributed by atoms with van der Waals surface area (Å²) in [5, 5.41) is 0. The Bertz CT molecular complexity index is 890. The number of methoxy groups -OCH3 is 1. The zero-order valence-electron chi connectivity index (χ0n) is 15.7. The first-order valence-electron chi connectivity index (χ1n) is 8.56. The standard InChI is InChI=1S/C19H23BrN2O5S/c1-22(11-13-27-15-6-4-3-5-7-15)19(23)17-14-16(8-9-18(17)20)28(24,25)21-10-12-26-2/h3-9,14,21H,10-13H2,1-2H3. The smallest absolute Gasteiger partial charge is 0.254 e. The van der Waals surface area contributed by atoms with Crippen molar-refractivity contribution in [2.75, 3.05) is 40.5 Å². The van der Waals surface area contributed by atoms with Crippen LogP contribution in [-0.2, 0) is 14.8 Å². The van der Waals surface area contributed by atoms with Crippen molar-refractivity contribution in [2.24, 2.45) is 0 Å². The van der Waals surface area contributed by atoms with Gasteiger partial charge >= 0.3 is 0 Å². The normalized spacial score (nSPS) is 11.2. The molecule has 0 aliphatic heterocycles. The highest BCUT2D eigenvalue weighted by atomic mass is 79.9. The van der Waals surface area contributed by atoms with E-state index >= 15 is 0 Å². The average molecular weight is 471 g/mol. The van der Waals surface area contributed by atoms with Crippen molar-refractivity contribution in [1.29, 1.82) is 0 Å². The number of hydrogen-bond donors (Lipinski definition) is 1.